The van der Waals surface area contributed by atoms with Crippen molar-refractivity contribution >= 4 is 5.71 Å². The Hall–Kier alpha value is -3.01. The van der Waals surface area contributed by atoms with Crippen molar-refractivity contribution in [2.75, 3.05) is 0 Å². The maximum absolute atomic E-state index is 12.3. The summed E-state index contributed by atoms with van der Waals surface area (Å²) in [7, 11) is 0. The van der Waals surface area contributed by atoms with E-state index < -0.39 is 0 Å². The van der Waals surface area contributed by atoms with Crippen LogP contribution < -0.4 is 5.56 Å². The SMILES string of the molecule is O=c1cc(-c2ccccc2)nc2n1N=C(c1ccccc1)C2. The minimum Gasteiger partial charge on any atom is -0.267 e. The van der Waals surface area contributed by atoms with Crippen molar-refractivity contribution in [3.05, 3.63) is 88.5 Å². The summed E-state index contributed by atoms with van der Waals surface area (Å²) in [5.74, 6) is 0.685. The lowest BCUT2D eigenvalue weighted by molar-refractivity contribution is 0.779. The summed E-state index contributed by atoms with van der Waals surface area (Å²) < 4.78 is 1.40. The molecule has 0 N–H and O–H groups in total. The fourth-order valence-corrected chi connectivity index (χ4v) is 2.60. The molecule has 4 nitrogen and oxygen atoms in total. The maximum atomic E-state index is 12.3. The highest BCUT2D eigenvalue weighted by atomic mass is 16.1. The molecule has 0 bridgehead atoms. The molecule has 0 spiro atoms. The first-order chi connectivity index (χ1) is 10.8. The van der Waals surface area contributed by atoms with Crippen LogP contribution in [0.15, 0.2) is 76.6 Å². The highest BCUT2D eigenvalue weighted by Crippen LogP contribution is 2.18. The number of nitrogens with zero attached hydrogens (tertiary/aromatic N) is 3. The molecule has 1 aliphatic heterocycles. The van der Waals surface area contributed by atoms with E-state index in [-0.39, 0.29) is 5.56 Å². The Morgan fingerprint density at radius 2 is 1.50 bits per heavy atom. The molecule has 106 valence electrons. The van der Waals surface area contributed by atoms with Crippen molar-refractivity contribution in [1.82, 2.24) is 9.66 Å². The van der Waals surface area contributed by atoms with Crippen LogP contribution in [0.5, 0.6) is 0 Å². The molecule has 1 aromatic heterocycles. The van der Waals surface area contributed by atoms with Gasteiger partial charge in [-0.25, -0.2) is 4.98 Å². The van der Waals surface area contributed by atoms with Gasteiger partial charge in [0.15, 0.2) is 0 Å². The number of rotatable bonds is 2. The Labute approximate surface area is 127 Å². The van der Waals surface area contributed by atoms with Crippen molar-refractivity contribution in [2.24, 2.45) is 5.10 Å². The molecule has 0 aliphatic carbocycles. The standard InChI is InChI=1S/C18H13N3O/c22-18-12-15(13-7-3-1-4-8-13)19-17-11-16(20-21(17)18)14-9-5-2-6-10-14/h1-10,12H,11H2. The molecule has 4 heteroatoms. The predicted molar refractivity (Wildman–Crippen MR) is 86.0 cm³/mol. The molecule has 0 radical (unpaired) electrons. The highest BCUT2D eigenvalue weighted by Gasteiger charge is 2.19. The molecule has 3 aromatic rings. The fraction of sp³-hybridized carbons (Fsp3) is 0.0556. The van der Waals surface area contributed by atoms with E-state index in [2.05, 4.69) is 10.1 Å². The van der Waals surface area contributed by atoms with E-state index >= 15 is 0 Å². The van der Waals surface area contributed by atoms with Crippen molar-refractivity contribution in [1.29, 1.82) is 0 Å². The van der Waals surface area contributed by atoms with Gasteiger partial charge in [0.1, 0.15) is 5.82 Å². The van der Waals surface area contributed by atoms with Crippen LogP contribution in [0.2, 0.25) is 0 Å². The Kier molecular flexibility index (Phi) is 2.93. The van der Waals surface area contributed by atoms with Crippen molar-refractivity contribution in [3.8, 4) is 11.3 Å². The van der Waals surface area contributed by atoms with Crippen LogP contribution in [0, 0.1) is 0 Å². The van der Waals surface area contributed by atoms with Crippen LogP contribution in [0.25, 0.3) is 11.3 Å². The third-order valence-electron chi connectivity index (χ3n) is 3.69. The highest BCUT2D eigenvalue weighted by molar-refractivity contribution is 6.02. The van der Waals surface area contributed by atoms with Gasteiger partial charge < -0.3 is 0 Å². The summed E-state index contributed by atoms with van der Waals surface area (Å²) in [6.07, 6.45) is 0.569. The lowest BCUT2D eigenvalue weighted by Crippen LogP contribution is -2.18. The van der Waals surface area contributed by atoms with E-state index in [9.17, 15) is 4.79 Å². The molecule has 0 atom stereocenters. The smallest absolute Gasteiger partial charge is 0.267 e. The normalized spacial score (nSPS) is 12.8. The van der Waals surface area contributed by atoms with E-state index in [1.165, 1.54) is 10.7 Å². The molecule has 2 heterocycles. The van der Waals surface area contributed by atoms with Crippen LogP contribution in [0.4, 0.5) is 0 Å². The molecule has 0 amide bonds. The summed E-state index contributed by atoms with van der Waals surface area (Å²) in [5, 5.41) is 4.41. The predicted octanol–water partition coefficient (Wildman–Crippen LogP) is 2.72. The van der Waals surface area contributed by atoms with Crippen LogP contribution in [-0.4, -0.2) is 15.4 Å². The van der Waals surface area contributed by atoms with Crippen molar-refractivity contribution < 1.29 is 0 Å². The second kappa shape index (κ2) is 5.07. The lowest BCUT2D eigenvalue weighted by atomic mass is 10.1. The molecule has 0 saturated carbocycles. The molecule has 0 fully saturated rings. The fourth-order valence-electron chi connectivity index (χ4n) is 2.60. The summed E-state index contributed by atoms with van der Waals surface area (Å²) >= 11 is 0. The van der Waals surface area contributed by atoms with E-state index in [0.717, 1.165) is 16.8 Å². The average Bonchev–Trinajstić information content (AvgIpc) is 3.01. The van der Waals surface area contributed by atoms with Crippen molar-refractivity contribution in [3.63, 3.8) is 0 Å². The Balaban J connectivity index is 1.77. The molecular formula is C18H13N3O. The van der Waals surface area contributed by atoms with Gasteiger partial charge in [0.2, 0.25) is 0 Å². The topological polar surface area (TPSA) is 47.2 Å². The van der Waals surface area contributed by atoms with Crippen LogP contribution in [0.3, 0.4) is 0 Å². The maximum Gasteiger partial charge on any atom is 0.274 e. The van der Waals surface area contributed by atoms with Crippen LogP contribution in [0.1, 0.15) is 11.4 Å². The van der Waals surface area contributed by atoms with Gasteiger partial charge in [0.25, 0.3) is 5.56 Å². The largest absolute Gasteiger partial charge is 0.274 e. The Morgan fingerprint density at radius 3 is 2.18 bits per heavy atom. The first-order valence-electron chi connectivity index (χ1n) is 7.13. The van der Waals surface area contributed by atoms with Crippen LogP contribution in [-0.2, 0) is 6.42 Å². The molecule has 22 heavy (non-hydrogen) atoms. The third-order valence-corrected chi connectivity index (χ3v) is 3.69. The van der Waals surface area contributed by atoms with E-state index in [0.29, 0.717) is 17.9 Å². The quantitative estimate of drug-likeness (QED) is 0.727. The van der Waals surface area contributed by atoms with E-state index in [1.54, 1.807) is 0 Å². The van der Waals surface area contributed by atoms with Gasteiger partial charge in [-0.05, 0) is 5.56 Å². The molecular weight excluding hydrogens is 274 g/mol. The van der Waals surface area contributed by atoms with Gasteiger partial charge in [-0.2, -0.15) is 9.78 Å². The number of fused-ring (bicyclic) bond motifs is 1. The van der Waals surface area contributed by atoms with Gasteiger partial charge in [-0.1, -0.05) is 60.7 Å². The van der Waals surface area contributed by atoms with Gasteiger partial charge >= 0.3 is 0 Å². The van der Waals surface area contributed by atoms with Gasteiger partial charge in [-0.3, -0.25) is 4.79 Å². The monoisotopic (exact) mass is 287 g/mol. The van der Waals surface area contributed by atoms with Crippen LogP contribution >= 0.6 is 0 Å². The molecule has 2 aromatic carbocycles. The first-order valence-corrected chi connectivity index (χ1v) is 7.13. The summed E-state index contributed by atoms with van der Waals surface area (Å²) in [5.41, 5.74) is 3.39. The second-order valence-corrected chi connectivity index (χ2v) is 5.16. The Bertz CT molecular complexity index is 912. The Morgan fingerprint density at radius 1 is 0.864 bits per heavy atom. The number of benzene rings is 2. The van der Waals surface area contributed by atoms with Gasteiger partial charge in [0.05, 0.1) is 17.8 Å². The first kappa shape index (κ1) is 12.7. The number of aromatic nitrogens is 2. The second-order valence-electron chi connectivity index (χ2n) is 5.16. The van der Waals surface area contributed by atoms with Gasteiger partial charge in [0, 0.05) is 11.6 Å². The molecule has 1 aliphatic rings. The minimum atomic E-state index is -0.144. The summed E-state index contributed by atoms with van der Waals surface area (Å²) in [6, 6.07) is 21.1. The summed E-state index contributed by atoms with van der Waals surface area (Å²) in [6.45, 7) is 0. The zero-order valence-corrected chi connectivity index (χ0v) is 11.8. The molecule has 0 unspecified atom stereocenters. The van der Waals surface area contributed by atoms with E-state index in [4.69, 9.17) is 0 Å². The average molecular weight is 287 g/mol. The number of hydrogen-bond donors (Lipinski definition) is 0. The number of hydrogen-bond acceptors (Lipinski definition) is 3. The summed E-state index contributed by atoms with van der Waals surface area (Å²) in [4.78, 5) is 16.9. The minimum absolute atomic E-state index is 0.144. The van der Waals surface area contributed by atoms with Crippen molar-refractivity contribution in [2.45, 2.75) is 6.42 Å². The third kappa shape index (κ3) is 2.15. The zero-order chi connectivity index (χ0) is 14.9. The molecule has 4 rings (SSSR count). The molecule has 0 saturated heterocycles. The zero-order valence-electron chi connectivity index (χ0n) is 11.8. The lowest BCUT2D eigenvalue weighted by Gasteiger charge is -2.03. The van der Waals surface area contributed by atoms with E-state index in [1.807, 2.05) is 60.7 Å². The van der Waals surface area contributed by atoms with Gasteiger partial charge in [-0.15, -0.1) is 0 Å².